The van der Waals surface area contributed by atoms with E-state index in [2.05, 4.69) is 26.6 Å². The van der Waals surface area contributed by atoms with E-state index in [4.69, 9.17) is 9.15 Å². The number of carbonyl (C=O) groups excluding carboxylic acids is 2. The van der Waals surface area contributed by atoms with Gasteiger partial charge in [-0.05, 0) is 77.9 Å². The summed E-state index contributed by atoms with van der Waals surface area (Å²) in [4.78, 5) is 36.3. The summed E-state index contributed by atoms with van der Waals surface area (Å²) in [5.74, 6) is -0.581. The van der Waals surface area contributed by atoms with Crippen molar-refractivity contribution in [3.63, 3.8) is 0 Å². The molecule has 1 unspecified atom stereocenters. The van der Waals surface area contributed by atoms with Crippen molar-refractivity contribution in [1.29, 1.82) is 0 Å². The molecule has 12 heteroatoms. The summed E-state index contributed by atoms with van der Waals surface area (Å²) < 4.78 is 66.6. The average molecular weight is 657 g/mol. The van der Waals surface area contributed by atoms with Crippen LogP contribution in [0.25, 0.3) is 11.0 Å². The molecule has 0 aliphatic rings. The average Bonchev–Trinajstić information content (AvgIpc) is 2.92. The zero-order valence-electron chi connectivity index (χ0n) is 23.6. The SMILES string of the molecule is CCCc1cc2c(C(F)(F)F)cc(=O)oc2c(CCC)c1OCCCCNC(=O)C(C)(NC=O)c1ccc(F)c(Br)c1. The Labute approximate surface area is 249 Å². The van der Waals surface area contributed by atoms with Crippen LogP contribution in [0.15, 0.2) is 44.0 Å². The minimum absolute atomic E-state index is 0.117. The molecule has 0 aliphatic carbocycles. The summed E-state index contributed by atoms with van der Waals surface area (Å²) in [7, 11) is 0. The number of hydrogen-bond donors (Lipinski definition) is 2. The van der Waals surface area contributed by atoms with Gasteiger partial charge in [0.2, 0.25) is 12.3 Å². The number of alkyl halides is 3. The molecule has 1 aromatic heterocycles. The molecular formula is C30H33BrF4N2O5. The van der Waals surface area contributed by atoms with Gasteiger partial charge in [-0.2, -0.15) is 13.2 Å². The van der Waals surface area contributed by atoms with Crippen LogP contribution in [-0.4, -0.2) is 25.5 Å². The molecule has 42 heavy (non-hydrogen) atoms. The normalized spacial score (nSPS) is 13.0. The van der Waals surface area contributed by atoms with Gasteiger partial charge < -0.3 is 19.8 Å². The number of aryl methyl sites for hydroxylation is 2. The number of unbranched alkanes of at least 4 members (excludes halogenated alkanes) is 1. The van der Waals surface area contributed by atoms with Gasteiger partial charge in [-0.15, -0.1) is 0 Å². The second-order valence-electron chi connectivity index (χ2n) is 10.0. The third-order valence-corrected chi connectivity index (χ3v) is 7.49. The topological polar surface area (TPSA) is 97.6 Å². The first kappa shape index (κ1) is 33.1. The van der Waals surface area contributed by atoms with Crippen LogP contribution in [0, 0.1) is 5.82 Å². The lowest BCUT2D eigenvalue weighted by Gasteiger charge is -2.28. The molecule has 1 heterocycles. The Morgan fingerprint density at radius 2 is 1.81 bits per heavy atom. The molecule has 1 atom stereocenters. The molecule has 0 spiro atoms. The van der Waals surface area contributed by atoms with Gasteiger partial charge in [-0.1, -0.05) is 32.8 Å². The molecule has 228 valence electrons. The molecule has 7 nitrogen and oxygen atoms in total. The monoisotopic (exact) mass is 656 g/mol. The minimum Gasteiger partial charge on any atom is -0.493 e. The van der Waals surface area contributed by atoms with Gasteiger partial charge in [0, 0.05) is 23.6 Å². The Kier molecular flexibility index (Phi) is 11.2. The van der Waals surface area contributed by atoms with Gasteiger partial charge in [0.15, 0.2) is 0 Å². The minimum atomic E-state index is -4.72. The summed E-state index contributed by atoms with van der Waals surface area (Å²) in [5, 5.41) is 5.11. The molecule has 0 saturated carbocycles. The molecule has 2 N–H and O–H groups in total. The Balaban J connectivity index is 1.75. The molecule has 0 aliphatic heterocycles. The highest BCUT2D eigenvalue weighted by Crippen LogP contribution is 2.40. The summed E-state index contributed by atoms with van der Waals surface area (Å²) in [6, 6.07) is 5.90. The van der Waals surface area contributed by atoms with Gasteiger partial charge >= 0.3 is 11.8 Å². The van der Waals surface area contributed by atoms with E-state index in [9.17, 15) is 31.9 Å². The number of carbonyl (C=O) groups is 2. The standard InChI is InChI=1S/C30H33BrF4N2O5/c1-4-8-18-14-21-22(30(33,34)35)16-25(39)42-27(21)20(9-5-2)26(18)41-13-7-6-12-36-28(40)29(3,37-17-38)19-10-11-24(32)23(31)15-19/h10-11,14-17H,4-9,12-13H2,1-3H3,(H,36,40)(H,37,38). The number of fused-ring (bicyclic) bond motifs is 1. The van der Waals surface area contributed by atoms with Crippen LogP contribution >= 0.6 is 15.9 Å². The van der Waals surface area contributed by atoms with Crippen molar-refractivity contribution in [3.8, 4) is 5.75 Å². The quantitative estimate of drug-likeness (QED) is 0.0887. The second-order valence-corrected chi connectivity index (χ2v) is 10.9. The fraction of sp³-hybridized carbons (Fsp3) is 0.433. The maximum absolute atomic E-state index is 13.8. The molecular weight excluding hydrogens is 624 g/mol. The van der Waals surface area contributed by atoms with Crippen molar-refractivity contribution in [1.82, 2.24) is 10.6 Å². The van der Waals surface area contributed by atoms with Crippen LogP contribution < -0.4 is 21.0 Å². The number of rotatable bonds is 14. The lowest BCUT2D eigenvalue weighted by atomic mass is 9.91. The van der Waals surface area contributed by atoms with E-state index in [0.717, 1.165) is 0 Å². The maximum atomic E-state index is 13.8. The molecule has 3 rings (SSSR count). The first-order chi connectivity index (χ1) is 19.9. The molecule has 3 aromatic rings. The van der Waals surface area contributed by atoms with Crippen molar-refractivity contribution in [3.05, 3.63) is 73.3 Å². The molecule has 2 amide bonds. The number of amides is 2. The lowest BCUT2D eigenvalue weighted by molar-refractivity contribution is -0.136. The molecule has 0 saturated heterocycles. The van der Waals surface area contributed by atoms with E-state index in [1.54, 1.807) is 0 Å². The Morgan fingerprint density at radius 3 is 2.43 bits per heavy atom. The van der Waals surface area contributed by atoms with Gasteiger partial charge in [0.1, 0.15) is 22.7 Å². The Morgan fingerprint density at radius 1 is 1.10 bits per heavy atom. The smallest absolute Gasteiger partial charge is 0.417 e. The molecule has 0 fully saturated rings. The van der Waals surface area contributed by atoms with Crippen LogP contribution in [0.5, 0.6) is 5.75 Å². The van der Waals surface area contributed by atoms with Gasteiger partial charge in [0.05, 0.1) is 16.6 Å². The number of benzene rings is 2. The first-order valence-electron chi connectivity index (χ1n) is 13.6. The maximum Gasteiger partial charge on any atom is 0.417 e. The Hall–Kier alpha value is -3.41. The van der Waals surface area contributed by atoms with Crippen LogP contribution in [0.3, 0.4) is 0 Å². The van der Waals surface area contributed by atoms with E-state index in [-0.39, 0.29) is 28.6 Å². The number of hydrogen-bond acceptors (Lipinski definition) is 5. The zero-order chi connectivity index (χ0) is 31.1. The fourth-order valence-corrected chi connectivity index (χ4v) is 5.12. The highest BCUT2D eigenvalue weighted by molar-refractivity contribution is 9.10. The number of halogens is 5. The van der Waals surface area contributed by atoms with Crippen molar-refractivity contribution in [2.24, 2.45) is 0 Å². The summed E-state index contributed by atoms with van der Waals surface area (Å²) in [6.07, 6.45) is -1.28. The van der Waals surface area contributed by atoms with E-state index >= 15 is 0 Å². The van der Waals surface area contributed by atoms with Crippen molar-refractivity contribution in [2.75, 3.05) is 13.2 Å². The zero-order valence-corrected chi connectivity index (χ0v) is 25.1. The van der Waals surface area contributed by atoms with Crippen molar-refractivity contribution >= 4 is 39.2 Å². The number of ether oxygens (including phenoxy) is 1. The fourth-order valence-electron chi connectivity index (χ4n) is 4.74. The first-order valence-corrected chi connectivity index (χ1v) is 14.4. The molecule has 0 bridgehead atoms. The van der Waals surface area contributed by atoms with Crippen LogP contribution in [-0.2, 0) is 34.1 Å². The largest absolute Gasteiger partial charge is 0.493 e. The third kappa shape index (κ3) is 7.50. The van der Waals surface area contributed by atoms with E-state index in [1.165, 1.54) is 31.2 Å². The van der Waals surface area contributed by atoms with Crippen LogP contribution in [0.1, 0.15) is 68.7 Å². The molecule has 2 aromatic carbocycles. The summed E-state index contributed by atoms with van der Waals surface area (Å²) in [5.41, 5.74) is -2.27. The summed E-state index contributed by atoms with van der Waals surface area (Å²) in [6.45, 7) is 5.73. The predicted molar refractivity (Wildman–Crippen MR) is 154 cm³/mol. The summed E-state index contributed by atoms with van der Waals surface area (Å²) >= 11 is 3.09. The lowest BCUT2D eigenvalue weighted by Crippen LogP contribution is -2.52. The Bertz CT molecular complexity index is 1490. The van der Waals surface area contributed by atoms with E-state index in [1.807, 2.05) is 13.8 Å². The highest BCUT2D eigenvalue weighted by atomic mass is 79.9. The van der Waals surface area contributed by atoms with Crippen LogP contribution in [0.2, 0.25) is 0 Å². The highest BCUT2D eigenvalue weighted by Gasteiger charge is 2.36. The van der Waals surface area contributed by atoms with E-state index in [0.29, 0.717) is 73.4 Å². The third-order valence-electron chi connectivity index (χ3n) is 6.88. The predicted octanol–water partition coefficient (Wildman–Crippen LogP) is 6.56. The van der Waals surface area contributed by atoms with Gasteiger partial charge in [-0.25, -0.2) is 9.18 Å². The number of nitrogens with one attached hydrogen (secondary N) is 2. The second kappa shape index (κ2) is 14.2. The van der Waals surface area contributed by atoms with Gasteiger partial charge in [-0.3, -0.25) is 9.59 Å². The van der Waals surface area contributed by atoms with Crippen molar-refractivity contribution < 1.29 is 36.3 Å². The van der Waals surface area contributed by atoms with E-state index < -0.39 is 34.6 Å². The van der Waals surface area contributed by atoms with Crippen molar-refractivity contribution in [2.45, 2.75) is 71.0 Å². The molecule has 0 radical (unpaired) electrons. The van der Waals surface area contributed by atoms with Gasteiger partial charge in [0.25, 0.3) is 0 Å². The van der Waals surface area contributed by atoms with Crippen LogP contribution in [0.4, 0.5) is 17.6 Å².